The molecule has 0 radical (unpaired) electrons. The average molecular weight is 198 g/mol. The fourth-order valence-electron chi connectivity index (χ4n) is 0. The summed E-state index contributed by atoms with van der Waals surface area (Å²) < 4.78 is 0. The number of hydrogen-bond acceptors (Lipinski definition) is 1. The van der Waals surface area contributed by atoms with Crippen LogP contribution in [0.5, 0.6) is 0 Å². The molecule has 0 bridgehead atoms. The van der Waals surface area contributed by atoms with Crippen LogP contribution in [0.1, 0.15) is 13.8 Å². The molecule has 5 heteroatoms. The van der Waals surface area contributed by atoms with Crippen molar-refractivity contribution < 1.29 is 29.6 Å². The van der Waals surface area contributed by atoms with E-state index in [2.05, 4.69) is 0 Å². The smallest absolute Gasteiger partial charge is 1.00 e. The van der Waals surface area contributed by atoms with E-state index in [1.165, 1.54) is 0 Å². The van der Waals surface area contributed by atoms with Gasteiger partial charge < -0.3 is 30.5 Å². The Balaban J connectivity index is -0.0000000417. The first-order valence-electron chi connectivity index (χ1n) is 1.94. The summed E-state index contributed by atoms with van der Waals surface area (Å²) in [5, 5.41) is 0. The number of hydrogen-bond donors (Lipinski definition) is 1. The van der Waals surface area contributed by atoms with Crippen LogP contribution in [0, 0.1) is 5.92 Å². The van der Waals surface area contributed by atoms with E-state index in [9.17, 15) is 4.79 Å². The summed E-state index contributed by atoms with van der Waals surface area (Å²) in [6.45, 7) is 3.53. The van der Waals surface area contributed by atoms with Crippen LogP contribution in [0.15, 0.2) is 0 Å². The van der Waals surface area contributed by atoms with Crippen LogP contribution >= 0.6 is 0 Å². The topological polar surface area (TPSA) is 43.1 Å². The molecule has 0 aliphatic carbocycles. The molecule has 1 amide bonds. The third-order valence-electron chi connectivity index (χ3n) is 0.569. The van der Waals surface area contributed by atoms with Gasteiger partial charge in [0.15, 0.2) is 0 Å². The van der Waals surface area contributed by atoms with E-state index in [0.29, 0.717) is 0 Å². The number of rotatable bonds is 1. The number of primary amides is 1. The molecule has 0 atom stereocenters. The van der Waals surface area contributed by atoms with Gasteiger partial charge in [-0.2, -0.15) is 0 Å². The molecule has 52 valence electrons. The predicted octanol–water partition coefficient (Wildman–Crippen LogP) is -6.25. The van der Waals surface area contributed by atoms with Crippen LogP contribution in [0.3, 0.4) is 0 Å². The van der Waals surface area contributed by atoms with Crippen molar-refractivity contribution >= 4 is 43.6 Å². The quantitative estimate of drug-likeness (QED) is 0.418. The van der Waals surface area contributed by atoms with E-state index < -0.39 is 0 Å². The Kier molecular flexibility index (Phi) is 30.0. The minimum atomic E-state index is -0.241. The fraction of sp³-hybridized carbons (Fsp3) is 0.750. The molecule has 2 N–H and O–H groups in total. The second kappa shape index (κ2) is 12.0. The molecule has 0 saturated carbocycles. The number of carbonyl (C=O) groups is 1. The van der Waals surface area contributed by atoms with Gasteiger partial charge in [-0.15, -0.1) is 0 Å². The van der Waals surface area contributed by atoms with Crippen LogP contribution in [0.4, 0.5) is 0 Å². The Morgan fingerprint density at radius 2 is 1.44 bits per heavy atom. The van der Waals surface area contributed by atoms with Crippen LogP contribution in [-0.4, -0.2) is 43.6 Å². The van der Waals surface area contributed by atoms with Crippen molar-refractivity contribution in [2.24, 2.45) is 11.7 Å². The summed E-state index contributed by atoms with van der Waals surface area (Å²) >= 11 is 0. The molecule has 0 aromatic rings. The predicted molar refractivity (Wildman–Crippen MR) is 29.8 cm³/mol. The molecule has 0 saturated heterocycles. The Hall–Kier alpha value is 1.31. The number of nitrogens with two attached hydrogens (primary N) is 1. The first kappa shape index (κ1) is 22.4. The normalized spacial score (nSPS) is 6.11. The van der Waals surface area contributed by atoms with Crippen molar-refractivity contribution in [2.75, 3.05) is 0 Å². The Bertz CT molecular complexity index is 69.6. The molecule has 9 heavy (non-hydrogen) atoms. The molecule has 0 aliphatic rings. The van der Waals surface area contributed by atoms with Gasteiger partial charge in [0.2, 0.25) is 5.91 Å². The maximum absolute atomic E-state index is 9.92. The van der Waals surface area contributed by atoms with Crippen molar-refractivity contribution in [2.45, 2.75) is 13.8 Å². The van der Waals surface area contributed by atoms with E-state index >= 15 is 0 Å². The van der Waals surface area contributed by atoms with Gasteiger partial charge in [-0.25, -0.2) is 0 Å². The van der Waals surface area contributed by atoms with Crippen molar-refractivity contribution in [3.05, 3.63) is 0 Å². The summed E-state index contributed by atoms with van der Waals surface area (Å²) in [6.07, 6.45) is 0. The maximum atomic E-state index is 9.92. The number of carbonyl (C=O) groups excluding carboxylic acids is 1. The van der Waals surface area contributed by atoms with Gasteiger partial charge in [0.1, 0.15) is 0 Å². The summed E-state index contributed by atoms with van der Waals surface area (Å²) in [7, 11) is 0. The largest absolute Gasteiger partial charge is 2.00 e. The minimum absolute atomic E-state index is 0. The zero-order chi connectivity index (χ0) is 5.15. The van der Waals surface area contributed by atoms with Crippen molar-refractivity contribution in [1.29, 1.82) is 0 Å². The zero-order valence-corrected chi connectivity index (χ0v) is 9.25. The van der Waals surface area contributed by atoms with Gasteiger partial charge in [-0.05, 0) is 0 Å². The summed E-state index contributed by atoms with van der Waals surface area (Å²) in [4.78, 5) is 9.92. The van der Waals surface area contributed by atoms with Gasteiger partial charge in [0.25, 0.3) is 0 Å². The van der Waals surface area contributed by atoms with E-state index in [1.807, 2.05) is 0 Å². The summed E-state index contributed by atoms with van der Waals surface area (Å²) in [5.41, 5.74) is 4.80. The SMILES string of the molecule is CC(C)C(N)=O.[Ca+2].[Cl-].[Cl-]. The molecular weight excluding hydrogens is 189 g/mol. The average Bonchev–Trinajstić information content (AvgIpc) is 1.36. The maximum Gasteiger partial charge on any atom is 2.00 e. The minimum Gasteiger partial charge on any atom is -1.00 e. The van der Waals surface area contributed by atoms with Crippen molar-refractivity contribution in [3.8, 4) is 0 Å². The third kappa shape index (κ3) is 17.6. The van der Waals surface area contributed by atoms with Crippen LogP contribution in [-0.2, 0) is 4.79 Å². The number of amides is 1. The van der Waals surface area contributed by atoms with Gasteiger partial charge in [-0.3, -0.25) is 4.79 Å². The molecule has 0 rings (SSSR count). The fourth-order valence-corrected chi connectivity index (χ4v) is 0. The zero-order valence-electron chi connectivity index (χ0n) is 5.53. The molecule has 2 nitrogen and oxygen atoms in total. The monoisotopic (exact) mass is 197 g/mol. The van der Waals surface area contributed by atoms with Crippen LogP contribution < -0.4 is 30.5 Å². The van der Waals surface area contributed by atoms with Gasteiger partial charge >= 0.3 is 37.7 Å². The van der Waals surface area contributed by atoms with E-state index in [0.717, 1.165) is 0 Å². The third-order valence-corrected chi connectivity index (χ3v) is 0.569. The molecule has 0 unspecified atom stereocenters. The van der Waals surface area contributed by atoms with Crippen LogP contribution in [0.2, 0.25) is 0 Å². The van der Waals surface area contributed by atoms with E-state index in [-0.39, 0.29) is 74.4 Å². The molecule has 0 aromatic heterocycles. The number of halogens is 2. The Labute approximate surface area is 97.8 Å². The Morgan fingerprint density at radius 1 is 1.33 bits per heavy atom. The molecule has 0 heterocycles. The van der Waals surface area contributed by atoms with Gasteiger partial charge in [0, 0.05) is 5.92 Å². The standard InChI is InChI=1S/C4H9NO.Ca.2ClH/c1-3(2)4(5)6;;;/h3H,1-2H3,(H2,5,6);;2*1H/q;+2;;/p-2. The van der Waals surface area contributed by atoms with E-state index in [4.69, 9.17) is 5.73 Å². The Morgan fingerprint density at radius 3 is 1.44 bits per heavy atom. The molecule has 0 aromatic carbocycles. The second-order valence-electron chi connectivity index (χ2n) is 1.56. The van der Waals surface area contributed by atoms with Gasteiger partial charge in [-0.1, -0.05) is 13.8 Å². The molecular formula is C4H9CaCl2NO. The molecule has 0 fully saturated rings. The second-order valence-corrected chi connectivity index (χ2v) is 1.56. The molecule has 0 aliphatic heterocycles. The van der Waals surface area contributed by atoms with Crippen LogP contribution in [0.25, 0.3) is 0 Å². The summed E-state index contributed by atoms with van der Waals surface area (Å²) in [5.74, 6) is -0.250. The van der Waals surface area contributed by atoms with E-state index in [1.54, 1.807) is 13.8 Å². The first-order chi connectivity index (χ1) is 2.64. The van der Waals surface area contributed by atoms with Gasteiger partial charge in [0.05, 0.1) is 0 Å². The molecule has 0 spiro atoms. The van der Waals surface area contributed by atoms with Crippen molar-refractivity contribution in [3.63, 3.8) is 0 Å². The first-order valence-corrected chi connectivity index (χ1v) is 1.94. The summed E-state index contributed by atoms with van der Waals surface area (Å²) in [6, 6.07) is 0. The van der Waals surface area contributed by atoms with Crippen molar-refractivity contribution in [1.82, 2.24) is 0 Å².